The maximum Gasteiger partial charge on any atom is 0.395 e. The molecule has 1 heterocycles. The summed E-state index contributed by atoms with van der Waals surface area (Å²) in [6, 6.07) is 0. The molecule has 0 saturated heterocycles. The fraction of sp³-hybridized carbons (Fsp3) is 0.286. The molecule has 11 heavy (non-hydrogen) atoms. The first-order valence-corrected chi connectivity index (χ1v) is 3.26. The molecule has 1 radical (unpaired) electrons. The lowest BCUT2D eigenvalue weighted by atomic mass is 10.5. The van der Waals surface area contributed by atoms with Crippen LogP contribution in [0, 0.1) is 6.61 Å². The van der Waals surface area contributed by atoms with Crippen molar-refractivity contribution >= 4 is 5.97 Å². The quantitative estimate of drug-likeness (QED) is 0.617. The van der Waals surface area contributed by atoms with E-state index in [0.717, 1.165) is 0 Å². The Labute approximate surface area is 64.2 Å². The molecular formula is C7H8NO3. The second kappa shape index (κ2) is 3.75. The van der Waals surface area contributed by atoms with Crippen molar-refractivity contribution in [2.24, 2.45) is 0 Å². The number of carbonyl (C=O) groups excluding carboxylic acids is 1. The molecule has 0 spiro atoms. The molecule has 1 aromatic rings. The van der Waals surface area contributed by atoms with Crippen molar-refractivity contribution in [1.29, 1.82) is 0 Å². The molecule has 0 saturated carbocycles. The molecule has 0 unspecified atom stereocenters. The summed E-state index contributed by atoms with van der Waals surface area (Å²) in [7, 11) is 0. The van der Waals surface area contributed by atoms with E-state index in [0.29, 0.717) is 6.42 Å². The van der Waals surface area contributed by atoms with Crippen molar-refractivity contribution in [2.45, 2.75) is 13.3 Å². The van der Waals surface area contributed by atoms with Crippen LogP contribution in [-0.4, -0.2) is 11.0 Å². The van der Waals surface area contributed by atoms with E-state index in [9.17, 15) is 4.79 Å². The van der Waals surface area contributed by atoms with Crippen LogP contribution in [0.15, 0.2) is 16.9 Å². The Balaban J connectivity index is 2.43. The predicted molar refractivity (Wildman–Crippen MR) is 36.5 cm³/mol. The van der Waals surface area contributed by atoms with Gasteiger partial charge in [0, 0.05) is 0 Å². The van der Waals surface area contributed by atoms with Gasteiger partial charge in [-0.3, -0.25) is 0 Å². The van der Waals surface area contributed by atoms with Gasteiger partial charge >= 0.3 is 11.9 Å². The minimum Gasteiger partial charge on any atom is -0.451 e. The van der Waals surface area contributed by atoms with E-state index < -0.39 is 5.97 Å². The summed E-state index contributed by atoms with van der Waals surface area (Å²) in [4.78, 5) is 14.5. The van der Waals surface area contributed by atoms with Gasteiger partial charge in [-0.25, -0.2) is 9.78 Å². The lowest BCUT2D eigenvalue weighted by Gasteiger charge is -1.95. The number of esters is 1. The number of aromatic nitrogens is 1. The molecular weight excluding hydrogens is 146 g/mol. The highest BCUT2D eigenvalue weighted by Crippen LogP contribution is 1.99. The standard InChI is InChI=1S/C7H8NO3/c1-2-4-11-7(9)6-8-3-5-10-6/h3-5H,2H2,1H3. The number of hydrogen-bond acceptors (Lipinski definition) is 4. The highest BCUT2D eigenvalue weighted by Gasteiger charge is 2.10. The maximum atomic E-state index is 10.9. The van der Waals surface area contributed by atoms with Crippen LogP contribution in [0.3, 0.4) is 0 Å². The normalized spacial score (nSPS) is 9.55. The molecule has 0 aliphatic carbocycles. The highest BCUT2D eigenvalue weighted by molar-refractivity contribution is 5.84. The van der Waals surface area contributed by atoms with E-state index in [4.69, 9.17) is 0 Å². The largest absolute Gasteiger partial charge is 0.451 e. The first kappa shape index (κ1) is 7.78. The van der Waals surface area contributed by atoms with Crippen molar-refractivity contribution in [3.8, 4) is 0 Å². The van der Waals surface area contributed by atoms with Crippen molar-refractivity contribution in [3.63, 3.8) is 0 Å². The van der Waals surface area contributed by atoms with Gasteiger partial charge in [0.25, 0.3) is 0 Å². The van der Waals surface area contributed by atoms with Crippen molar-refractivity contribution in [1.82, 2.24) is 4.98 Å². The summed E-state index contributed by atoms with van der Waals surface area (Å²) in [5.41, 5.74) is 0. The van der Waals surface area contributed by atoms with Crippen molar-refractivity contribution in [3.05, 3.63) is 25.0 Å². The maximum absolute atomic E-state index is 10.9. The van der Waals surface area contributed by atoms with E-state index in [1.807, 2.05) is 6.92 Å². The van der Waals surface area contributed by atoms with Crippen LogP contribution in [0.2, 0.25) is 0 Å². The molecule has 0 N–H and O–H groups in total. The fourth-order valence-corrected chi connectivity index (χ4v) is 0.534. The number of hydrogen-bond donors (Lipinski definition) is 0. The Hall–Kier alpha value is -1.32. The number of oxazole rings is 1. The molecule has 0 fully saturated rings. The summed E-state index contributed by atoms with van der Waals surface area (Å²) in [5.74, 6) is -0.577. The average molecular weight is 154 g/mol. The Kier molecular flexibility index (Phi) is 2.66. The van der Waals surface area contributed by atoms with Crippen LogP contribution in [0.4, 0.5) is 0 Å². The Morgan fingerprint density at radius 3 is 3.27 bits per heavy atom. The third-order valence-electron chi connectivity index (χ3n) is 0.964. The van der Waals surface area contributed by atoms with Crippen LogP contribution in [0.25, 0.3) is 0 Å². The number of nitrogens with zero attached hydrogens (tertiary/aromatic N) is 1. The molecule has 1 aromatic heterocycles. The summed E-state index contributed by atoms with van der Waals surface area (Å²) in [6.45, 7) is 3.26. The molecule has 4 heteroatoms. The second-order valence-corrected chi connectivity index (χ2v) is 1.82. The SMILES string of the molecule is CC[CH]OC(=O)c1ncco1. The summed E-state index contributed by atoms with van der Waals surface area (Å²) >= 11 is 0. The van der Waals surface area contributed by atoms with Gasteiger partial charge in [0.2, 0.25) is 0 Å². The van der Waals surface area contributed by atoms with E-state index in [1.165, 1.54) is 19.1 Å². The van der Waals surface area contributed by atoms with Gasteiger partial charge in [0.15, 0.2) is 0 Å². The monoisotopic (exact) mass is 154 g/mol. The Morgan fingerprint density at radius 1 is 1.91 bits per heavy atom. The highest BCUT2D eigenvalue weighted by atomic mass is 16.5. The van der Waals surface area contributed by atoms with Gasteiger partial charge in [-0.1, -0.05) is 6.92 Å². The minimum absolute atomic E-state index is 0.0188. The molecule has 0 aliphatic rings. The van der Waals surface area contributed by atoms with Crippen LogP contribution in [0.5, 0.6) is 0 Å². The van der Waals surface area contributed by atoms with Crippen LogP contribution in [-0.2, 0) is 4.74 Å². The summed E-state index contributed by atoms with van der Waals surface area (Å²) in [5, 5.41) is 0. The third kappa shape index (κ3) is 2.07. The molecule has 0 aliphatic heterocycles. The topological polar surface area (TPSA) is 52.3 Å². The van der Waals surface area contributed by atoms with Crippen molar-refractivity contribution in [2.75, 3.05) is 0 Å². The van der Waals surface area contributed by atoms with E-state index in [2.05, 4.69) is 14.1 Å². The summed E-state index contributed by atoms with van der Waals surface area (Å²) in [6.07, 6.45) is 3.39. The van der Waals surface area contributed by atoms with E-state index in [-0.39, 0.29) is 5.89 Å². The van der Waals surface area contributed by atoms with Crippen LogP contribution < -0.4 is 0 Å². The average Bonchev–Trinajstić information content (AvgIpc) is 2.52. The molecule has 59 valence electrons. The van der Waals surface area contributed by atoms with Crippen LogP contribution >= 0.6 is 0 Å². The van der Waals surface area contributed by atoms with E-state index in [1.54, 1.807) is 0 Å². The van der Waals surface area contributed by atoms with Gasteiger partial charge in [-0.05, 0) is 6.42 Å². The molecule has 0 amide bonds. The lowest BCUT2D eigenvalue weighted by molar-refractivity contribution is 0.0556. The molecule has 0 atom stereocenters. The molecule has 0 aromatic carbocycles. The number of carbonyl (C=O) groups is 1. The van der Waals surface area contributed by atoms with Gasteiger partial charge in [0.05, 0.1) is 6.20 Å². The zero-order chi connectivity index (χ0) is 8.10. The molecule has 4 nitrogen and oxygen atoms in total. The van der Waals surface area contributed by atoms with Gasteiger partial charge in [-0.2, -0.15) is 0 Å². The fourth-order valence-electron chi connectivity index (χ4n) is 0.534. The summed E-state index contributed by atoms with van der Waals surface area (Å²) < 4.78 is 9.30. The predicted octanol–water partition coefficient (Wildman–Crippen LogP) is 1.40. The lowest BCUT2D eigenvalue weighted by Crippen LogP contribution is -2.02. The Bertz CT molecular complexity index is 218. The first-order chi connectivity index (χ1) is 5.34. The zero-order valence-electron chi connectivity index (χ0n) is 6.11. The second-order valence-electron chi connectivity index (χ2n) is 1.82. The minimum atomic E-state index is -0.558. The van der Waals surface area contributed by atoms with E-state index >= 15 is 0 Å². The van der Waals surface area contributed by atoms with Gasteiger partial charge < -0.3 is 9.15 Å². The van der Waals surface area contributed by atoms with Gasteiger partial charge in [0.1, 0.15) is 12.9 Å². The Morgan fingerprint density at radius 2 is 2.73 bits per heavy atom. The number of rotatable bonds is 3. The zero-order valence-corrected chi connectivity index (χ0v) is 6.11. The van der Waals surface area contributed by atoms with Gasteiger partial charge in [-0.15, -0.1) is 0 Å². The molecule has 0 bridgehead atoms. The van der Waals surface area contributed by atoms with Crippen LogP contribution in [0.1, 0.15) is 24.0 Å². The third-order valence-corrected chi connectivity index (χ3v) is 0.964. The molecule has 1 rings (SSSR count). The first-order valence-electron chi connectivity index (χ1n) is 3.26. The smallest absolute Gasteiger partial charge is 0.395 e. The van der Waals surface area contributed by atoms with Crippen molar-refractivity contribution < 1.29 is 13.9 Å². The number of ether oxygens (including phenoxy) is 1.